The number of fused-ring (bicyclic) bond motifs is 5. The number of nitrogens with one attached hydrogen (secondary N) is 8. The molecule has 0 saturated carbocycles. The van der Waals surface area contributed by atoms with E-state index in [4.69, 9.17) is 18.9 Å². The highest BCUT2D eigenvalue weighted by Crippen LogP contribution is 2.31. The molecule has 1 aliphatic rings. The third-order valence-corrected chi connectivity index (χ3v) is 10.0. The van der Waals surface area contributed by atoms with Crippen LogP contribution >= 0.6 is 0 Å². The van der Waals surface area contributed by atoms with Gasteiger partial charge in [-0.2, -0.15) is 0 Å². The van der Waals surface area contributed by atoms with Gasteiger partial charge in [-0.1, -0.05) is 12.1 Å². The van der Waals surface area contributed by atoms with Gasteiger partial charge in [0.1, 0.15) is 52.0 Å². The lowest BCUT2D eigenvalue weighted by Gasteiger charge is -2.27. The molecular weight excluding hydrogens is 937 g/mol. The minimum absolute atomic E-state index is 0.00558. The normalized spacial score (nSPS) is 16.9. The van der Waals surface area contributed by atoms with Crippen molar-refractivity contribution < 1.29 is 67.5 Å². The molecule has 0 aliphatic carbocycles. The number of amides is 8. The van der Waals surface area contributed by atoms with Crippen LogP contribution in [0.4, 0.5) is 19.2 Å². The fraction of sp³-hybridized carbons (Fsp3) is 0.600. The molecule has 72 heavy (non-hydrogen) atoms. The number of aromatic hydroxyl groups is 2. The maximum atomic E-state index is 14.4. The average Bonchev–Trinajstić information content (AvgIpc) is 3.22. The van der Waals surface area contributed by atoms with Gasteiger partial charge in [-0.15, -0.1) is 0 Å². The molecule has 2 aromatic rings. The summed E-state index contributed by atoms with van der Waals surface area (Å²) in [6.45, 7) is 19.8. The van der Waals surface area contributed by atoms with E-state index in [9.17, 15) is 48.6 Å². The highest BCUT2D eigenvalue weighted by atomic mass is 16.6. The van der Waals surface area contributed by atoms with E-state index in [0.29, 0.717) is 17.5 Å². The van der Waals surface area contributed by atoms with Crippen LogP contribution < -0.4 is 42.5 Å². The van der Waals surface area contributed by atoms with Crippen molar-refractivity contribution in [3.8, 4) is 22.6 Å². The zero-order valence-electron chi connectivity index (χ0n) is 43.6. The van der Waals surface area contributed by atoms with Crippen LogP contribution in [0.15, 0.2) is 36.4 Å². The average molecular weight is 1010 g/mol. The Bertz CT molecular complexity index is 2240. The zero-order chi connectivity index (χ0) is 54.2. The Labute approximate surface area is 421 Å². The number of phenols is 2. The summed E-state index contributed by atoms with van der Waals surface area (Å²) in [5.41, 5.74) is -1.75. The molecule has 4 bridgehead atoms. The molecule has 0 saturated heterocycles. The molecule has 0 fully saturated rings. The molecule has 4 atom stereocenters. The van der Waals surface area contributed by atoms with Crippen molar-refractivity contribution in [1.82, 2.24) is 42.5 Å². The van der Waals surface area contributed by atoms with Gasteiger partial charge in [0.15, 0.2) is 0 Å². The molecule has 400 valence electrons. The summed E-state index contributed by atoms with van der Waals surface area (Å²) in [4.78, 5) is 106. The third-order valence-electron chi connectivity index (χ3n) is 10.0. The van der Waals surface area contributed by atoms with E-state index in [0.717, 1.165) is 0 Å². The molecule has 22 heteroatoms. The number of rotatable bonds is 15. The van der Waals surface area contributed by atoms with Crippen molar-refractivity contribution in [2.45, 2.75) is 168 Å². The first kappa shape index (κ1) is 59.3. The minimum atomic E-state index is -1.47. The van der Waals surface area contributed by atoms with Gasteiger partial charge < -0.3 is 71.7 Å². The van der Waals surface area contributed by atoms with Crippen LogP contribution in [0.25, 0.3) is 11.1 Å². The Morgan fingerprint density at radius 3 is 1.62 bits per heavy atom. The zero-order valence-corrected chi connectivity index (χ0v) is 43.6. The van der Waals surface area contributed by atoms with Crippen molar-refractivity contribution in [3.05, 3.63) is 47.5 Å². The lowest BCUT2D eigenvalue weighted by molar-refractivity contribution is -0.133. The minimum Gasteiger partial charge on any atom is -0.508 e. The Hall–Kier alpha value is -7.00. The fourth-order valence-electron chi connectivity index (χ4n) is 6.93. The summed E-state index contributed by atoms with van der Waals surface area (Å²) in [5, 5.41) is 43.1. The van der Waals surface area contributed by atoms with Gasteiger partial charge in [0, 0.05) is 38.5 Å². The monoisotopic (exact) mass is 1010 g/mol. The summed E-state index contributed by atoms with van der Waals surface area (Å²) in [6.07, 6.45) is -2.94. The molecule has 0 spiro atoms. The van der Waals surface area contributed by atoms with Gasteiger partial charge in [0.05, 0.1) is 6.54 Å². The standard InChI is InChI=1S/C50H76N8O14/c1-47(2,3)69-43(65)51-21-13-15-33(55-45(67)71-49(7,8)9)27-53-39(61)28-54-40(62)35-25-31-23-29(17-19-37(31)59)30-18-20-38(60)32(24-30)26-36(58-46(68)72-50(10,11)12)42(64)56-34(41(63)57-35)16-14-22-52-44(66)70-48(4,5)6/h17-20,23-24,33-36,59-60H,13-16,21-22,25-28H2,1-12H3,(H,51,65)(H,52,66)(H,53,61)(H,54,62)(H,55,67)(H,56,64)(H,57,63)(H,58,68)/t33-,34-,35-,36-/m0/s1. The molecule has 0 unspecified atom stereocenters. The van der Waals surface area contributed by atoms with Gasteiger partial charge in [-0.05, 0) is 155 Å². The van der Waals surface area contributed by atoms with E-state index >= 15 is 0 Å². The van der Waals surface area contributed by atoms with Gasteiger partial charge >= 0.3 is 24.4 Å². The number of benzene rings is 2. The molecule has 22 nitrogen and oxygen atoms in total. The van der Waals surface area contributed by atoms with Gasteiger partial charge in [-0.3, -0.25) is 19.2 Å². The molecule has 3 rings (SSSR count). The summed E-state index contributed by atoms with van der Waals surface area (Å²) in [7, 11) is 0. The number of carbonyl (C=O) groups excluding carboxylic acids is 8. The third kappa shape index (κ3) is 22.8. The summed E-state index contributed by atoms with van der Waals surface area (Å²) >= 11 is 0. The first-order valence-electron chi connectivity index (χ1n) is 24.0. The van der Waals surface area contributed by atoms with Crippen LogP contribution in [0.1, 0.15) is 120 Å². The van der Waals surface area contributed by atoms with Crippen LogP contribution in [0, 0.1) is 0 Å². The van der Waals surface area contributed by atoms with Gasteiger partial charge in [0.25, 0.3) is 0 Å². The number of alkyl carbamates (subject to hydrolysis) is 4. The Morgan fingerprint density at radius 1 is 0.611 bits per heavy atom. The second-order valence-electron chi connectivity index (χ2n) is 21.4. The van der Waals surface area contributed by atoms with Crippen LogP contribution in [-0.2, 0) is 51.0 Å². The maximum Gasteiger partial charge on any atom is 0.408 e. The van der Waals surface area contributed by atoms with Crippen molar-refractivity contribution in [1.29, 1.82) is 0 Å². The summed E-state index contributed by atoms with van der Waals surface area (Å²) in [6, 6.07) is 4.22. The second-order valence-corrected chi connectivity index (χ2v) is 21.4. The largest absolute Gasteiger partial charge is 0.508 e. The van der Waals surface area contributed by atoms with E-state index in [1.807, 2.05) is 0 Å². The molecule has 2 aromatic carbocycles. The SMILES string of the molecule is CC(C)(C)OC(=O)NCCC[C@@H](CNC(=O)CNC(=O)[C@@H]1Cc2cc(ccc2O)-c2ccc(O)c(c2)C[C@H](NC(=O)OC(C)(C)C)C(=O)N[C@@H](CCCNC(=O)OC(C)(C)C)C(=O)N1)NC(=O)OC(C)(C)C. The van der Waals surface area contributed by atoms with Crippen molar-refractivity contribution in [3.63, 3.8) is 0 Å². The van der Waals surface area contributed by atoms with Crippen molar-refractivity contribution in [2.75, 3.05) is 26.2 Å². The van der Waals surface area contributed by atoms with E-state index in [2.05, 4.69) is 42.5 Å². The first-order valence-corrected chi connectivity index (χ1v) is 24.0. The molecule has 1 aliphatic heterocycles. The number of phenolic OH excluding ortho intramolecular Hbond substituents is 2. The summed E-state index contributed by atoms with van der Waals surface area (Å²) in [5.74, 6) is -3.66. The Morgan fingerprint density at radius 2 is 1.10 bits per heavy atom. The number of carbonyl (C=O) groups is 8. The number of hydrogen-bond donors (Lipinski definition) is 10. The van der Waals surface area contributed by atoms with Crippen molar-refractivity contribution in [2.24, 2.45) is 0 Å². The maximum absolute atomic E-state index is 14.4. The Kier molecular flexibility index (Phi) is 21.3. The molecule has 0 aromatic heterocycles. The fourth-order valence-corrected chi connectivity index (χ4v) is 6.93. The van der Waals surface area contributed by atoms with Crippen LogP contribution in [0.2, 0.25) is 0 Å². The predicted molar refractivity (Wildman–Crippen MR) is 266 cm³/mol. The lowest BCUT2D eigenvalue weighted by Crippen LogP contribution is -2.58. The molecule has 0 radical (unpaired) electrons. The van der Waals surface area contributed by atoms with E-state index < -0.39 is 101 Å². The van der Waals surface area contributed by atoms with Crippen LogP contribution in [0.5, 0.6) is 11.5 Å². The number of hydrogen-bond acceptors (Lipinski definition) is 14. The molecule has 10 N–H and O–H groups in total. The second kappa shape index (κ2) is 25.9. The smallest absolute Gasteiger partial charge is 0.408 e. The topological polar surface area (TPSA) is 310 Å². The highest BCUT2D eigenvalue weighted by molar-refractivity contribution is 5.95. The van der Waals surface area contributed by atoms with Gasteiger partial charge in [0.2, 0.25) is 23.6 Å². The lowest BCUT2D eigenvalue weighted by atomic mass is 9.95. The van der Waals surface area contributed by atoms with Crippen LogP contribution in [-0.4, -0.2) is 131 Å². The quantitative estimate of drug-likeness (QED) is 0.0871. The molecule has 8 amide bonds. The Balaban J connectivity index is 1.93. The van der Waals surface area contributed by atoms with Crippen LogP contribution in [0.3, 0.4) is 0 Å². The van der Waals surface area contributed by atoms with E-state index in [1.54, 1.807) is 107 Å². The molecule has 1 heterocycles. The van der Waals surface area contributed by atoms with Crippen molar-refractivity contribution >= 4 is 48.0 Å². The highest BCUT2D eigenvalue weighted by Gasteiger charge is 2.33. The molecular formula is C50H76N8O14. The number of ether oxygens (including phenoxy) is 4. The predicted octanol–water partition coefficient (Wildman–Crippen LogP) is 4.46. The van der Waals surface area contributed by atoms with E-state index in [1.165, 1.54) is 12.1 Å². The summed E-state index contributed by atoms with van der Waals surface area (Å²) < 4.78 is 21.4. The first-order chi connectivity index (χ1) is 33.3. The van der Waals surface area contributed by atoms with E-state index in [-0.39, 0.29) is 74.4 Å². The van der Waals surface area contributed by atoms with Gasteiger partial charge in [-0.25, -0.2) is 19.2 Å².